The first-order chi connectivity index (χ1) is 10.2. The van der Waals surface area contributed by atoms with Crippen LogP contribution >= 0.6 is 0 Å². The Morgan fingerprint density at radius 2 is 1.86 bits per heavy atom. The predicted molar refractivity (Wildman–Crippen MR) is 82.8 cm³/mol. The molecule has 0 fully saturated rings. The fraction of sp³-hybridized carbons (Fsp3) is 0.688. The number of hydrogen-bond acceptors (Lipinski definition) is 5. The van der Waals surface area contributed by atoms with Gasteiger partial charge >= 0.3 is 5.97 Å². The lowest BCUT2D eigenvalue weighted by molar-refractivity contribution is 0.0511. The normalized spacial score (nSPS) is 13.1. The minimum atomic E-state index is -0.415. The number of hydrogen-bond donors (Lipinski definition) is 0. The number of aryl methyl sites for hydroxylation is 1. The van der Waals surface area contributed by atoms with E-state index in [1.165, 1.54) is 5.56 Å². The predicted octanol–water partition coefficient (Wildman–Crippen LogP) is 2.77. The number of ether oxygens (including phenoxy) is 1. The lowest BCUT2D eigenvalue weighted by Gasteiger charge is -2.25. The summed E-state index contributed by atoms with van der Waals surface area (Å²) in [6, 6.07) is 0. The second kappa shape index (κ2) is 7.38. The first-order valence-corrected chi connectivity index (χ1v) is 8.03. The van der Waals surface area contributed by atoms with Crippen LogP contribution in [0.3, 0.4) is 0 Å². The first kappa shape index (κ1) is 15.7. The van der Waals surface area contributed by atoms with Gasteiger partial charge in [-0.25, -0.2) is 14.8 Å². The zero-order chi connectivity index (χ0) is 15.2. The Morgan fingerprint density at radius 1 is 1.14 bits per heavy atom. The molecule has 1 aromatic rings. The Hall–Kier alpha value is -1.65. The minimum absolute atomic E-state index is 0.213. The number of aromatic nitrogens is 2. The molecule has 2 rings (SSSR count). The summed E-state index contributed by atoms with van der Waals surface area (Å²) in [6.07, 6.45) is 5.16. The van der Waals surface area contributed by atoms with Gasteiger partial charge in [-0.15, -0.1) is 0 Å². The third kappa shape index (κ3) is 3.52. The second-order valence-electron chi connectivity index (χ2n) is 5.36. The van der Waals surface area contributed by atoms with Crippen LogP contribution in [-0.2, 0) is 17.6 Å². The SMILES string of the molecule is CCCN(CCC)c1nc(C(=O)OCC)nc2c1CCC2. The van der Waals surface area contributed by atoms with Crippen molar-refractivity contribution in [1.29, 1.82) is 0 Å². The van der Waals surface area contributed by atoms with Crippen molar-refractivity contribution < 1.29 is 9.53 Å². The van der Waals surface area contributed by atoms with Crippen molar-refractivity contribution in [2.75, 3.05) is 24.6 Å². The van der Waals surface area contributed by atoms with Crippen molar-refractivity contribution in [3.8, 4) is 0 Å². The van der Waals surface area contributed by atoms with Crippen molar-refractivity contribution in [2.45, 2.75) is 52.9 Å². The lowest BCUT2D eigenvalue weighted by atomic mass is 10.2. The number of nitrogens with zero attached hydrogens (tertiary/aromatic N) is 3. The number of esters is 1. The smallest absolute Gasteiger partial charge is 0.376 e. The van der Waals surface area contributed by atoms with E-state index in [0.717, 1.165) is 56.7 Å². The molecular weight excluding hydrogens is 266 g/mol. The van der Waals surface area contributed by atoms with Crippen molar-refractivity contribution in [3.63, 3.8) is 0 Å². The minimum Gasteiger partial charge on any atom is -0.460 e. The van der Waals surface area contributed by atoms with E-state index in [2.05, 4.69) is 28.7 Å². The lowest BCUT2D eigenvalue weighted by Crippen LogP contribution is -2.28. The van der Waals surface area contributed by atoms with E-state index in [9.17, 15) is 4.79 Å². The van der Waals surface area contributed by atoms with Gasteiger partial charge in [0.2, 0.25) is 5.82 Å². The summed E-state index contributed by atoms with van der Waals surface area (Å²) in [5.41, 5.74) is 2.25. The molecule has 1 aromatic heterocycles. The molecule has 1 heterocycles. The third-order valence-corrected chi connectivity index (χ3v) is 3.66. The highest BCUT2D eigenvalue weighted by molar-refractivity contribution is 5.86. The van der Waals surface area contributed by atoms with Crippen LogP contribution < -0.4 is 4.90 Å². The molecule has 0 N–H and O–H groups in total. The number of carbonyl (C=O) groups is 1. The number of rotatable bonds is 7. The Morgan fingerprint density at radius 3 is 2.48 bits per heavy atom. The van der Waals surface area contributed by atoms with Gasteiger partial charge in [-0.2, -0.15) is 0 Å². The van der Waals surface area contributed by atoms with Gasteiger partial charge in [0.25, 0.3) is 0 Å². The third-order valence-electron chi connectivity index (χ3n) is 3.66. The van der Waals surface area contributed by atoms with Crippen LogP contribution in [0.2, 0.25) is 0 Å². The summed E-state index contributed by atoms with van der Waals surface area (Å²) >= 11 is 0. The van der Waals surface area contributed by atoms with Gasteiger partial charge in [-0.05, 0) is 39.0 Å². The molecule has 0 spiro atoms. The molecule has 1 aliphatic rings. The molecule has 0 saturated carbocycles. The van der Waals surface area contributed by atoms with Crippen molar-refractivity contribution >= 4 is 11.8 Å². The summed E-state index contributed by atoms with van der Waals surface area (Å²) in [5, 5.41) is 0. The average Bonchev–Trinajstić information content (AvgIpc) is 2.94. The fourth-order valence-corrected chi connectivity index (χ4v) is 2.82. The molecule has 0 atom stereocenters. The van der Waals surface area contributed by atoms with E-state index in [0.29, 0.717) is 6.61 Å². The quantitative estimate of drug-likeness (QED) is 0.723. The van der Waals surface area contributed by atoms with Crippen LogP contribution in [0.1, 0.15) is 61.9 Å². The Bertz CT molecular complexity index is 497. The summed E-state index contributed by atoms with van der Waals surface area (Å²) in [7, 11) is 0. The molecule has 0 radical (unpaired) electrons. The molecule has 116 valence electrons. The summed E-state index contributed by atoms with van der Waals surface area (Å²) in [4.78, 5) is 23.2. The van der Waals surface area contributed by atoms with Gasteiger partial charge in [-0.3, -0.25) is 0 Å². The molecule has 0 saturated heterocycles. The molecular formula is C16H25N3O2. The Balaban J connectivity index is 2.40. The number of anilines is 1. The highest BCUT2D eigenvalue weighted by Gasteiger charge is 2.25. The van der Waals surface area contributed by atoms with Crippen LogP contribution in [0, 0.1) is 0 Å². The Kier molecular flexibility index (Phi) is 5.53. The van der Waals surface area contributed by atoms with Gasteiger partial charge in [0.05, 0.1) is 12.3 Å². The molecule has 1 aliphatic carbocycles. The maximum Gasteiger partial charge on any atom is 0.376 e. The average molecular weight is 291 g/mol. The van der Waals surface area contributed by atoms with Crippen LogP contribution in [-0.4, -0.2) is 35.6 Å². The summed E-state index contributed by atoms with van der Waals surface area (Å²) in [5.74, 6) is 0.746. The van der Waals surface area contributed by atoms with E-state index >= 15 is 0 Å². The number of carbonyl (C=O) groups excluding carboxylic acids is 1. The summed E-state index contributed by atoms with van der Waals surface area (Å²) in [6.45, 7) is 8.39. The maximum atomic E-state index is 12.0. The molecule has 0 bridgehead atoms. The maximum absolute atomic E-state index is 12.0. The van der Waals surface area contributed by atoms with Gasteiger partial charge in [0.1, 0.15) is 5.82 Å². The van der Waals surface area contributed by atoms with Gasteiger partial charge in [-0.1, -0.05) is 13.8 Å². The van der Waals surface area contributed by atoms with E-state index in [4.69, 9.17) is 4.74 Å². The fourth-order valence-electron chi connectivity index (χ4n) is 2.82. The van der Waals surface area contributed by atoms with E-state index < -0.39 is 5.97 Å². The summed E-state index contributed by atoms with van der Waals surface area (Å²) < 4.78 is 5.06. The molecule has 5 nitrogen and oxygen atoms in total. The number of fused-ring (bicyclic) bond motifs is 1. The van der Waals surface area contributed by atoms with Crippen LogP contribution in [0.25, 0.3) is 0 Å². The van der Waals surface area contributed by atoms with Gasteiger partial charge in [0, 0.05) is 18.7 Å². The zero-order valence-corrected chi connectivity index (χ0v) is 13.3. The highest BCUT2D eigenvalue weighted by Crippen LogP contribution is 2.29. The standard InChI is InChI=1S/C16H25N3O2/c1-4-10-19(11-5-2)15-12-8-7-9-13(12)17-14(18-15)16(20)21-6-3/h4-11H2,1-3H3. The molecule has 0 unspecified atom stereocenters. The molecule has 0 amide bonds. The molecule has 21 heavy (non-hydrogen) atoms. The van der Waals surface area contributed by atoms with E-state index in [1.807, 2.05) is 0 Å². The largest absolute Gasteiger partial charge is 0.460 e. The molecule has 0 aliphatic heterocycles. The van der Waals surface area contributed by atoms with Gasteiger partial charge < -0.3 is 9.64 Å². The van der Waals surface area contributed by atoms with Crippen molar-refractivity contribution in [3.05, 3.63) is 17.1 Å². The molecule has 0 aromatic carbocycles. The van der Waals surface area contributed by atoms with Crippen molar-refractivity contribution in [1.82, 2.24) is 9.97 Å². The zero-order valence-electron chi connectivity index (χ0n) is 13.3. The second-order valence-corrected chi connectivity index (χ2v) is 5.36. The monoisotopic (exact) mass is 291 g/mol. The van der Waals surface area contributed by atoms with Crippen LogP contribution in [0.4, 0.5) is 5.82 Å². The van der Waals surface area contributed by atoms with Crippen molar-refractivity contribution in [2.24, 2.45) is 0 Å². The van der Waals surface area contributed by atoms with Crippen LogP contribution in [0.15, 0.2) is 0 Å². The van der Waals surface area contributed by atoms with E-state index in [-0.39, 0.29) is 5.82 Å². The van der Waals surface area contributed by atoms with Gasteiger partial charge in [0.15, 0.2) is 0 Å². The topological polar surface area (TPSA) is 55.3 Å². The Labute approximate surface area is 126 Å². The van der Waals surface area contributed by atoms with E-state index in [1.54, 1.807) is 6.92 Å². The highest BCUT2D eigenvalue weighted by atomic mass is 16.5. The van der Waals surface area contributed by atoms with Crippen LogP contribution in [0.5, 0.6) is 0 Å². The molecule has 5 heteroatoms. The first-order valence-electron chi connectivity index (χ1n) is 8.03.